The van der Waals surface area contributed by atoms with Crippen LogP contribution in [0.4, 0.5) is 0 Å². The Labute approximate surface area is 181 Å². The van der Waals surface area contributed by atoms with Crippen molar-refractivity contribution in [2.75, 3.05) is 0 Å². The highest BCUT2D eigenvalue weighted by Gasteiger charge is 2.23. The molecule has 0 aliphatic heterocycles. The third kappa shape index (κ3) is 4.86. The molecule has 0 saturated carbocycles. The number of nitrogens with zero attached hydrogens (tertiary/aromatic N) is 3. The van der Waals surface area contributed by atoms with Gasteiger partial charge < -0.3 is 4.90 Å². The molecule has 0 radical (unpaired) electrons. The lowest BCUT2D eigenvalue weighted by Gasteiger charge is -2.26. The number of rotatable bonds is 7. The molecule has 1 heterocycles. The van der Waals surface area contributed by atoms with Crippen molar-refractivity contribution < 1.29 is 4.79 Å². The van der Waals surface area contributed by atoms with Crippen LogP contribution >= 0.6 is 11.8 Å². The molecule has 0 spiro atoms. The third-order valence-corrected chi connectivity index (χ3v) is 5.99. The summed E-state index contributed by atoms with van der Waals surface area (Å²) >= 11 is 1.49. The quantitative estimate of drug-likeness (QED) is 0.303. The molecule has 4 nitrogen and oxygen atoms in total. The van der Waals surface area contributed by atoms with Crippen LogP contribution in [-0.4, -0.2) is 26.0 Å². The summed E-state index contributed by atoms with van der Waals surface area (Å²) in [4.78, 5) is 24.1. The van der Waals surface area contributed by atoms with Crippen molar-refractivity contribution in [1.29, 1.82) is 0 Å². The van der Waals surface area contributed by atoms with Crippen LogP contribution in [0.2, 0.25) is 0 Å². The Morgan fingerprint density at radius 2 is 1.40 bits per heavy atom. The molecule has 5 heteroatoms. The molecule has 3 aromatic carbocycles. The minimum atomic E-state index is -0.268. The van der Waals surface area contributed by atoms with Crippen molar-refractivity contribution in [3.05, 3.63) is 102 Å². The summed E-state index contributed by atoms with van der Waals surface area (Å²) in [7, 11) is 0. The molecule has 0 bridgehead atoms. The molecule has 0 aliphatic rings. The number of fused-ring (bicyclic) bond motifs is 1. The smallest absolute Gasteiger partial charge is 0.236 e. The van der Waals surface area contributed by atoms with Crippen molar-refractivity contribution in [2.45, 2.75) is 30.3 Å². The predicted octanol–water partition coefficient (Wildman–Crippen LogP) is 5.34. The molecule has 0 aliphatic carbocycles. The lowest BCUT2D eigenvalue weighted by atomic mass is 10.1. The average Bonchev–Trinajstić information content (AvgIpc) is 2.80. The Morgan fingerprint density at radius 3 is 2.03 bits per heavy atom. The Hall–Kier alpha value is -3.18. The van der Waals surface area contributed by atoms with Gasteiger partial charge in [-0.25, -0.2) is 9.97 Å². The van der Waals surface area contributed by atoms with Crippen molar-refractivity contribution in [2.24, 2.45) is 0 Å². The van der Waals surface area contributed by atoms with Gasteiger partial charge in [0, 0.05) is 18.5 Å². The van der Waals surface area contributed by atoms with E-state index in [0.29, 0.717) is 13.1 Å². The lowest BCUT2D eigenvalue weighted by Crippen LogP contribution is -2.35. The minimum absolute atomic E-state index is 0.0930. The first kappa shape index (κ1) is 20.1. The van der Waals surface area contributed by atoms with Gasteiger partial charge in [-0.15, -0.1) is 0 Å². The maximum atomic E-state index is 13.5. The summed E-state index contributed by atoms with van der Waals surface area (Å²) in [5.41, 5.74) is 3.12. The van der Waals surface area contributed by atoms with E-state index in [1.54, 1.807) is 6.33 Å². The second-order valence-corrected chi connectivity index (χ2v) is 8.45. The van der Waals surface area contributed by atoms with Crippen LogP contribution in [0.3, 0.4) is 0 Å². The van der Waals surface area contributed by atoms with Crippen LogP contribution in [0.15, 0.2) is 96.3 Å². The van der Waals surface area contributed by atoms with E-state index in [2.05, 4.69) is 34.2 Å². The fourth-order valence-electron chi connectivity index (χ4n) is 3.37. The fraction of sp³-hybridized carbons (Fsp3) is 0.160. The van der Waals surface area contributed by atoms with Crippen LogP contribution < -0.4 is 0 Å². The highest BCUT2D eigenvalue weighted by molar-refractivity contribution is 8.00. The zero-order valence-electron chi connectivity index (χ0n) is 16.8. The number of carbonyl (C=O) groups is 1. The summed E-state index contributed by atoms with van der Waals surface area (Å²) < 4.78 is 0. The standard InChI is InChI=1S/C25H23N3OS/c1-19(30-24-22-14-8-9-15-23(22)26-18-27-24)25(29)28(16-20-10-4-2-5-11-20)17-21-12-6-3-7-13-21/h2-15,18-19H,16-17H2,1H3. The first-order chi connectivity index (χ1) is 14.7. The Kier molecular flexibility index (Phi) is 6.40. The van der Waals surface area contributed by atoms with E-state index in [0.717, 1.165) is 27.1 Å². The summed E-state index contributed by atoms with van der Waals surface area (Å²) in [5, 5.41) is 1.54. The molecule has 4 rings (SSSR count). The monoisotopic (exact) mass is 413 g/mol. The Balaban J connectivity index is 1.56. The average molecular weight is 414 g/mol. The molecule has 0 N–H and O–H groups in total. The van der Waals surface area contributed by atoms with Gasteiger partial charge in [0.15, 0.2) is 0 Å². The fourth-order valence-corrected chi connectivity index (χ4v) is 4.36. The Morgan fingerprint density at radius 1 is 0.833 bits per heavy atom. The van der Waals surface area contributed by atoms with E-state index in [1.165, 1.54) is 11.8 Å². The highest BCUT2D eigenvalue weighted by atomic mass is 32.2. The summed E-state index contributed by atoms with van der Waals surface area (Å²) in [5.74, 6) is 0.0930. The van der Waals surface area contributed by atoms with Gasteiger partial charge in [-0.2, -0.15) is 0 Å². The molecule has 1 aromatic heterocycles. The van der Waals surface area contributed by atoms with Crippen molar-refractivity contribution in [3.63, 3.8) is 0 Å². The second-order valence-electron chi connectivity index (χ2n) is 7.12. The zero-order chi connectivity index (χ0) is 20.8. The molecule has 0 saturated heterocycles. The SMILES string of the molecule is CC(Sc1ncnc2ccccc12)C(=O)N(Cc1ccccc1)Cc1ccccc1. The normalized spacial score (nSPS) is 11.9. The number of thioether (sulfide) groups is 1. The number of para-hydroxylation sites is 1. The molecule has 150 valence electrons. The van der Waals surface area contributed by atoms with Gasteiger partial charge in [0.2, 0.25) is 5.91 Å². The van der Waals surface area contributed by atoms with Crippen LogP contribution in [0.5, 0.6) is 0 Å². The predicted molar refractivity (Wildman–Crippen MR) is 122 cm³/mol. The summed E-state index contributed by atoms with van der Waals surface area (Å²) in [6.45, 7) is 3.10. The molecule has 1 atom stereocenters. The van der Waals surface area contributed by atoms with Crippen LogP contribution in [0.25, 0.3) is 10.9 Å². The van der Waals surface area contributed by atoms with Gasteiger partial charge in [0.05, 0.1) is 10.8 Å². The number of hydrogen-bond donors (Lipinski definition) is 0. The minimum Gasteiger partial charge on any atom is -0.333 e. The van der Waals surface area contributed by atoms with Crippen molar-refractivity contribution >= 4 is 28.6 Å². The topological polar surface area (TPSA) is 46.1 Å². The van der Waals surface area contributed by atoms with Crippen LogP contribution in [-0.2, 0) is 17.9 Å². The van der Waals surface area contributed by atoms with E-state index in [4.69, 9.17) is 0 Å². The summed E-state index contributed by atoms with van der Waals surface area (Å²) in [6.07, 6.45) is 1.56. The molecule has 30 heavy (non-hydrogen) atoms. The Bertz CT molecular complexity index is 1070. The lowest BCUT2D eigenvalue weighted by molar-refractivity contribution is -0.131. The van der Waals surface area contributed by atoms with Crippen LogP contribution in [0.1, 0.15) is 18.1 Å². The highest BCUT2D eigenvalue weighted by Crippen LogP contribution is 2.29. The van der Waals surface area contributed by atoms with E-state index in [-0.39, 0.29) is 11.2 Å². The molecule has 1 unspecified atom stereocenters. The largest absolute Gasteiger partial charge is 0.333 e. The summed E-state index contributed by atoms with van der Waals surface area (Å²) in [6, 6.07) is 28.1. The van der Waals surface area contributed by atoms with Gasteiger partial charge in [0.1, 0.15) is 11.4 Å². The maximum Gasteiger partial charge on any atom is 0.236 e. The molecular weight excluding hydrogens is 390 g/mol. The number of aromatic nitrogens is 2. The first-order valence-electron chi connectivity index (χ1n) is 9.94. The molecule has 1 amide bonds. The van der Waals surface area contributed by atoms with E-state index in [1.807, 2.05) is 72.5 Å². The second kappa shape index (κ2) is 9.55. The van der Waals surface area contributed by atoms with Gasteiger partial charge in [-0.1, -0.05) is 90.6 Å². The van der Waals surface area contributed by atoms with Crippen molar-refractivity contribution in [3.8, 4) is 0 Å². The first-order valence-corrected chi connectivity index (χ1v) is 10.8. The van der Waals surface area contributed by atoms with Gasteiger partial charge in [-0.3, -0.25) is 4.79 Å². The number of hydrogen-bond acceptors (Lipinski definition) is 4. The molecule has 4 aromatic rings. The maximum absolute atomic E-state index is 13.5. The third-order valence-electron chi connectivity index (χ3n) is 4.89. The van der Waals surface area contributed by atoms with E-state index >= 15 is 0 Å². The van der Waals surface area contributed by atoms with Crippen LogP contribution in [0, 0.1) is 0 Å². The van der Waals surface area contributed by atoms with Gasteiger partial charge >= 0.3 is 0 Å². The zero-order valence-corrected chi connectivity index (χ0v) is 17.6. The van der Waals surface area contributed by atoms with E-state index in [9.17, 15) is 4.79 Å². The number of carbonyl (C=O) groups excluding carboxylic acids is 1. The molecular formula is C25H23N3OS. The number of benzene rings is 3. The van der Waals surface area contributed by atoms with Gasteiger partial charge in [0.25, 0.3) is 0 Å². The van der Waals surface area contributed by atoms with E-state index < -0.39 is 0 Å². The van der Waals surface area contributed by atoms with Gasteiger partial charge in [-0.05, 0) is 24.1 Å². The molecule has 0 fully saturated rings. The van der Waals surface area contributed by atoms with Crippen molar-refractivity contribution in [1.82, 2.24) is 14.9 Å². The number of amides is 1.